The summed E-state index contributed by atoms with van der Waals surface area (Å²) in [5, 5.41) is 10.2. The number of piperidine rings is 1. The van der Waals surface area contributed by atoms with Crippen LogP contribution in [0.25, 0.3) is 0 Å². The molecule has 1 aromatic rings. The summed E-state index contributed by atoms with van der Waals surface area (Å²) in [4.78, 5) is 1.73. The molecule has 0 unspecified atom stereocenters. The summed E-state index contributed by atoms with van der Waals surface area (Å²) >= 11 is 5.86. The molecule has 19 heavy (non-hydrogen) atoms. The number of aliphatic hydroxyl groups is 1. The van der Waals surface area contributed by atoms with Gasteiger partial charge in [0.05, 0.1) is 6.54 Å². The molecule has 0 aromatic heterocycles. The van der Waals surface area contributed by atoms with Crippen molar-refractivity contribution in [2.45, 2.75) is 18.8 Å². The molecule has 1 saturated heterocycles. The van der Waals surface area contributed by atoms with E-state index in [0.717, 1.165) is 12.0 Å². The van der Waals surface area contributed by atoms with E-state index in [1.54, 1.807) is 4.90 Å². The van der Waals surface area contributed by atoms with Gasteiger partial charge in [0.25, 0.3) is 6.43 Å². The van der Waals surface area contributed by atoms with E-state index in [9.17, 15) is 13.9 Å². The maximum Gasteiger partial charge on any atom is 0.251 e. The van der Waals surface area contributed by atoms with Crippen LogP contribution in [-0.4, -0.2) is 42.7 Å². The van der Waals surface area contributed by atoms with E-state index in [4.69, 9.17) is 11.6 Å². The van der Waals surface area contributed by atoms with Gasteiger partial charge < -0.3 is 5.11 Å². The molecule has 2 nitrogen and oxygen atoms in total. The highest BCUT2D eigenvalue weighted by atomic mass is 35.5. The second kappa shape index (κ2) is 6.64. The number of aliphatic hydroxyl groups excluding tert-OH is 1. The van der Waals surface area contributed by atoms with Crippen LogP contribution < -0.4 is 0 Å². The zero-order chi connectivity index (χ0) is 13.8. The van der Waals surface area contributed by atoms with Crippen LogP contribution in [0.3, 0.4) is 0 Å². The van der Waals surface area contributed by atoms with Gasteiger partial charge >= 0.3 is 0 Å². The smallest absolute Gasteiger partial charge is 0.251 e. The number of likely N-dealkylation sites (tertiary alicyclic amines) is 1. The lowest BCUT2D eigenvalue weighted by Crippen LogP contribution is -2.43. The molecule has 1 fully saturated rings. The molecule has 2 atom stereocenters. The summed E-state index contributed by atoms with van der Waals surface area (Å²) in [5.74, 6) is 0.227. The van der Waals surface area contributed by atoms with Crippen molar-refractivity contribution in [2.24, 2.45) is 5.92 Å². The van der Waals surface area contributed by atoms with E-state index in [0.29, 0.717) is 18.1 Å². The third-order valence-electron chi connectivity index (χ3n) is 3.75. The Kier molecular flexibility index (Phi) is 5.13. The van der Waals surface area contributed by atoms with Crippen molar-refractivity contribution < 1.29 is 13.9 Å². The monoisotopic (exact) mass is 289 g/mol. The van der Waals surface area contributed by atoms with E-state index in [-0.39, 0.29) is 25.0 Å². The Balaban J connectivity index is 2.04. The third-order valence-corrected chi connectivity index (χ3v) is 4.00. The maximum absolute atomic E-state index is 12.4. The number of nitrogens with zero attached hydrogens (tertiary/aromatic N) is 1. The molecule has 1 aromatic carbocycles. The number of benzene rings is 1. The summed E-state index contributed by atoms with van der Waals surface area (Å²) in [6, 6.07) is 7.57. The molecule has 0 bridgehead atoms. The zero-order valence-electron chi connectivity index (χ0n) is 10.6. The van der Waals surface area contributed by atoms with Crippen LogP contribution >= 0.6 is 11.6 Å². The minimum Gasteiger partial charge on any atom is -0.396 e. The van der Waals surface area contributed by atoms with Crippen molar-refractivity contribution in [1.82, 2.24) is 4.90 Å². The summed E-state index contributed by atoms with van der Waals surface area (Å²) in [7, 11) is 0. The largest absolute Gasteiger partial charge is 0.396 e. The summed E-state index contributed by atoms with van der Waals surface area (Å²) < 4.78 is 24.8. The molecule has 2 rings (SSSR count). The molecule has 0 saturated carbocycles. The fraction of sp³-hybridized carbons (Fsp3) is 0.571. The first-order valence-electron chi connectivity index (χ1n) is 6.47. The number of hydrogen-bond donors (Lipinski definition) is 1. The number of halogens is 3. The van der Waals surface area contributed by atoms with E-state index in [1.807, 2.05) is 24.3 Å². The number of rotatable bonds is 4. The Hall–Kier alpha value is -0.710. The standard InChI is InChI=1S/C14H18ClF2NO/c15-12-3-1-10(2-4-12)13-5-6-18(8-14(16)17)7-11(13)9-19/h1-4,11,13-14,19H,5-9H2/t11-,13-/m0/s1. The average molecular weight is 290 g/mol. The van der Waals surface area contributed by atoms with Gasteiger partial charge in [-0.3, -0.25) is 4.90 Å². The summed E-state index contributed by atoms with van der Waals surface area (Å²) in [6.45, 7) is 0.985. The minimum atomic E-state index is -2.31. The highest BCUT2D eigenvalue weighted by Gasteiger charge is 2.30. The molecular formula is C14H18ClF2NO. The first-order valence-corrected chi connectivity index (χ1v) is 6.84. The normalized spacial score (nSPS) is 24.9. The van der Waals surface area contributed by atoms with Crippen LogP contribution in [0.4, 0.5) is 8.78 Å². The Morgan fingerprint density at radius 2 is 2.00 bits per heavy atom. The highest BCUT2D eigenvalue weighted by molar-refractivity contribution is 6.30. The van der Waals surface area contributed by atoms with E-state index in [2.05, 4.69) is 0 Å². The van der Waals surface area contributed by atoms with Gasteiger partial charge in [-0.05, 0) is 36.6 Å². The SMILES string of the molecule is OC[C@@H]1CN(CC(F)F)CC[C@H]1c1ccc(Cl)cc1. The number of alkyl halides is 2. The molecule has 1 aliphatic heterocycles. The Morgan fingerprint density at radius 1 is 1.32 bits per heavy atom. The lowest BCUT2D eigenvalue weighted by Gasteiger charge is -2.38. The van der Waals surface area contributed by atoms with Crippen LogP contribution in [0, 0.1) is 5.92 Å². The van der Waals surface area contributed by atoms with Crippen molar-refractivity contribution in [3.05, 3.63) is 34.9 Å². The molecule has 1 heterocycles. The molecule has 0 spiro atoms. The topological polar surface area (TPSA) is 23.5 Å². The predicted octanol–water partition coefficient (Wildman–Crippen LogP) is 3.00. The van der Waals surface area contributed by atoms with E-state index < -0.39 is 6.43 Å². The molecule has 1 aliphatic rings. The van der Waals surface area contributed by atoms with Gasteiger partial charge in [0.1, 0.15) is 0 Å². The van der Waals surface area contributed by atoms with Gasteiger partial charge in [0, 0.05) is 24.1 Å². The van der Waals surface area contributed by atoms with Crippen molar-refractivity contribution in [1.29, 1.82) is 0 Å². The van der Waals surface area contributed by atoms with Crippen molar-refractivity contribution >= 4 is 11.6 Å². The fourth-order valence-corrected chi connectivity index (χ4v) is 2.93. The first kappa shape index (κ1) is 14.7. The Labute approximate surface area is 117 Å². The van der Waals surface area contributed by atoms with E-state index >= 15 is 0 Å². The summed E-state index contributed by atoms with van der Waals surface area (Å²) in [6.07, 6.45) is -1.52. The van der Waals surface area contributed by atoms with Crippen molar-refractivity contribution in [3.8, 4) is 0 Å². The van der Waals surface area contributed by atoms with Crippen molar-refractivity contribution in [3.63, 3.8) is 0 Å². The van der Waals surface area contributed by atoms with Crippen LogP contribution in [0.2, 0.25) is 5.02 Å². The minimum absolute atomic E-state index is 0.00803. The molecular weight excluding hydrogens is 272 g/mol. The van der Waals surface area contributed by atoms with Crippen LogP contribution in [0.1, 0.15) is 17.9 Å². The second-order valence-corrected chi connectivity index (χ2v) is 5.48. The highest BCUT2D eigenvalue weighted by Crippen LogP contribution is 2.33. The van der Waals surface area contributed by atoms with Crippen LogP contribution in [-0.2, 0) is 0 Å². The van der Waals surface area contributed by atoms with Gasteiger partial charge in [-0.15, -0.1) is 0 Å². The number of hydrogen-bond acceptors (Lipinski definition) is 2. The van der Waals surface area contributed by atoms with Gasteiger partial charge in [-0.1, -0.05) is 23.7 Å². The molecule has 106 valence electrons. The quantitative estimate of drug-likeness (QED) is 0.921. The third kappa shape index (κ3) is 3.88. The maximum atomic E-state index is 12.4. The van der Waals surface area contributed by atoms with Crippen LogP contribution in [0.5, 0.6) is 0 Å². The molecule has 0 amide bonds. The first-order chi connectivity index (χ1) is 9.10. The van der Waals surface area contributed by atoms with Gasteiger partial charge in [-0.25, -0.2) is 8.78 Å². The molecule has 5 heteroatoms. The molecule has 0 radical (unpaired) electrons. The molecule has 1 N–H and O–H groups in total. The zero-order valence-corrected chi connectivity index (χ0v) is 11.4. The Morgan fingerprint density at radius 3 is 2.58 bits per heavy atom. The predicted molar refractivity (Wildman–Crippen MR) is 71.8 cm³/mol. The summed E-state index contributed by atoms with van der Waals surface area (Å²) in [5.41, 5.74) is 1.13. The lowest BCUT2D eigenvalue weighted by atomic mass is 9.81. The molecule has 0 aliphatic carbocycles. The van der Waals surface area contributed by atoms with Crippen LogP contribution in [0.15, 0.2) is 24.3 Å². The Bertz CT molecular complexity index is 399. The van der Waals surface area contributed by atoms with E-state index in [1.165, 1.54) is 0 Å². The van der Waals surface area contributed by atoms with Crippen molar-refractivity contribution in [2.75, 3.05) is 26.2 Å². The van der Waals surface area contributed by atoms with Gasteiger partial charge in [0.15, 0.2) is 0 Å². The second-order valence-electron chi connectivity index (χ2n) is 5.04. The fourth-order valence-electron chi connectivity index (χ4n) is 2.80. The lowest BCUT2D eigenvalue weighted by molar-refractivity contribution is 0.0439. The van der Waals surface area contributed by atoms with Gasteiger partial charge in [0.2, 0.25) is 0 Å². The average Bonchev–Trinajstić information content (AvgIpc) is 2.39. The van der Waals surface area contributed by atoms with Gasteiger partial charge in [-0.2, -0.15) is 0 Å².